The van der Waals surface area contributed by atoms with Gasteiger partial charge in [-0.2, -0.15) is 0 Å². The normalized spacial score (nSPS) is 20.1. The molecule has 0 aliphatic carbocycles. The van der Waals surface area contributed by atoms with Crippen LogP contribution in [-0.2, 0) is 4.79 Å². The highest BCUT2D eigenvalue weighted by Gasteiger charge is 2.14. The van der Waals surface area contributed by atoms with Crippen LogP contribution in [0.4, 0.5) is 0 Å². The third kappa shape index (κ3) is 5.14. The average molecular weight is 214 g/mol. The fourth-order valence-corrected chi connectivity index (χ4v) is 2.04. The lowest BCUT2D eigenvalue weighted by atomic mass is 10.3. The van der Waals surface area contributed by atoms with Gasteiger partial charge in [-0.05, 0) is 32.5 Å². The van der Waals surface area contributed by atoms with Crippen molar-refractivity contribution in [3.63, 3.8) is 0 Å². The molecule has 0 saturated carbocycles. The molecule has 15 heavy (non-hydrogen) atoms. The Hall–Kier alpha value is -0.610. The van der Waals surface area contributed by atoms with Crippen molar-refractivity contribution in [3.05, 3.63) is 0 Å². The minimum absolute atomic E-state index is 0.272. The van der Waals surface area contributed by atoms with Crippen LogP contribution in [0.3, 0.4) is 0 Å². The molecule has 0 atom stereocenters. The summed E-state index contributed by atoms with van der Waals surface area (Å²) < 4.78 is 0. The van der Waals surface area contributed by atoms with Gasteiger partial charge in [0.2, 0.25) is 0 Å². The van der Waals surface area contributed by atoms with E-state index in [-0.39, 0.29) is 6.42 Å². The highest BCUT2D eigenvalue weighted by atomic mass is 16.4. The van der Waals surface area contributed by atoms with Gasteiger partial charge in [-0.25, -0.2) is 0 Å². The number of hydrogen-bond acceptors (Lipinski definition) is 3. The highest BCUT2D eigenvalue weighted by Crippen LogP contribution is 2.04. The predicted octanol–water partition coefficient (Wildman–Crippen LogP) is 0.879. The molecule has 1 rings (SSSR count). The van der Waals surface area contributed by atoms with E-state index in [1.807, 2.05) is 0 Å². The van der Waals surface area contributed by atoms with Crippen LogP contribution in [0.5, 0.6) is 0 Å². The van der Waals surface area contributed by atoms with Gasteiger partial charge >= 0.3 is 5.97 Å². The van der Waals surface area contributed by atoms with Crippen molar-refractivity contribution in [2.24, 2.45) is 0 Å². The van der Waals surface area contributed by atoms with Gasteiger partial charge in [0, 0.05) is 19.6 Å². The Kier molecular flexibility index (Phi) is 5.65. The Morgan fingerprint density at radius 3 is 2.27 bits per heavy atom. The number of aliphatic carboxylic acids is 1. The minimum Gasteiger partial charge on any atom is -0.481 e. The highest BCUT2D eigenvalue weighted by molar-refractivity contribution is 5.66. The Morgan fingerprint density at radius 1 is 1.13 bits per heavy atom. The van der Waals surface area contributed by atoms with Crippen LogP contribution in [0.2, 0.25) is 0 Å². The molecule has 1 saturated heterocycles. The quantitative estimate of drug-likeness (QED) is 0.738. The van der Waals surface area contributed by atoms with Crippen LogP contribution < -0.4 is 0 Å². The van der Waals surface area contributed by atoms with Crippen molar-refractivity contribution < 1.29 is 9.90 Å². The Morgan fingerprint density at radius 2 is 1.73 bits per heavy atom. The van der Waals surface area contributed by atoms with Crippen LogP contribution in [0, 0.1) is 0 Å². The summed E-state index contributed by atoms with van der Waals surface area (Å²) >= 11 is 0. The van der Waals surface area contributed by atoms with E-state index in [1.165, 1.54) is 19.4 Å². The molecule has 0 spiro atoms. The van der Waals surface area contributed by atoms with Crippen molar-refractivity contribution in [3.8, 4) is 0 Å². The van der Waals surface area contributed by atoms with E-state index in [0.29, 0.717) is 6.54 Å². The molecule has 1 fully saturated rings. The lowest BCUT2D eigenvalue weighted by Crippen LogP contribution is -2.32. The molecule has 0 amide bonds. The first kappa shape index (κ1) is 12.5. The fraction of sp³-hybridized carbons (Fsp3) is 0.909. The summed E-state index contributed by atoms with van der Waals surface area (Å²) in [6.07, 6.45) is 2.64. The third-order valence-electron chi connectivity index (χ3n) is 2.86. The van der Waals surface area contributed by atoms with Crippen molar-refractivity contribution >= 4 is 5.97 Å². The molecule has 4 nitrogen and oxygen atoms in total. The van der Waals surface area contributed by atoms with Crippen LogP contribution in [0.25, 0.3) is 0 Å². The molecular weight excluding hydrogens is 192 g/mol. The van der Waals surface area contributed by atoms with E-state index in [9.17, 15) is 4.79 Å². The number of nitrogens with zero attached hydrogens (tertiary/aromatic N) is 2. The second kappa shape index (κ2) is 6.80. The number of carboxylic acids is 1. The van der Waals surface area contributed by atoms with Gasteiger partial charge in [-0.3, -0.25) is 4.79 Å². The van der Waals surface area contributed by atoms with E-state index >= 15 is 0 Å². The molecular formula is C11H22N2O2. The van der Waals surface area contributed by atoms with Gasteiger partial charge < -0.3 is 14.9 Å². The van der Waals surface area contributed by atoms with Crippen molar-refractivity contribution in [2.45, 2.75) is 26.2 Å². The molecule has 4 heteroatoms. The van der Waals surface area contributed by atoms with Crippen molar-refractivity contribution in [1.82, 2.24) is 9.80 Å². The predicted molar refractivity (Wildman–Crippen MR) is 60.0 cm³/mol. The van der Waals surface area contributed by atoms with Crippen molar-refractivity contribution in [2.75, 3.05) is 39.3 Å². The summed E-state index contributed by atoms with van der Waals surface area (Å²) in [7, 11) is 0. The van der Waals surface area contributed by atoms with Gasteiger partial charge in [0.1, 0.15) is 0 Å². The van der Waals surface area contributed by atoms with Gasteiger partial charge in [-0.1, -0.05) is 6.92 Å². The standard InChI is InChI=1S/C11H22N2O2/c1-2-5-12-6-3-7-13(10-9-12)8-4-11(14)15/h2-10H2,1H3,(H,14,15). The molecule has 1 aliphatic heterocycles. The van der Waals surface area contributed by atoms with Gasteiger partial charge in [0.05, 0.1) is 6.42 Å². The van der Waals surface area contributed by atoms with Crippen LogP contribution >= 0.6 is 0 Å². The zero-order valence-electron chi connectivity index (χ0n) is 9.61. The lowest BCUT2D eigenvalue weighted by molar-refractivity contribution is -0.137. The fourth-order valence-electron chi connectivity index (χ4n) is 2.04. The third-order valence-corrected chi connectivity index (χ3v) is 2.86. The van der Waals surface area contributed by atoms with E-state index < -0.39 is 5.97 Å². The SMILES string of the molecule is CCCN1CCCN(CCC(=O)O)CC1. The monoisotopic (exact) mass is 214 g/mol. The Balaban J connectivity index is 2.23. The Labute approximate surface area is 91.9 Å². The summed E-state index contributed by atoms with van der Waals surface area (Å²) in [5, 5.41) is 8.61. The molecule has 0 bridgehead atoms. The summed E-state index contributed by atoms with van der Waals surface area (Å²) in [4.78, 5) is 15.2. The summed E-state index contributed by atoms with van der Waals surface area (Å²) in [6, 6.07) is 0. The van der Waals surface area contributed by atoms with E-state index in [0.717, 1.165) is 26.2 Å². The smallest absolute Gasteiger partial charge is 0.304 e. The van der Waals surface area contributed by atoms with Gasteiger partial charge in [-0.15, -0.1) is 0 Å². The van der Waals surface area contributed by atoms with Crippen molar-refractivity contribution in [1.29, 1.82) is 0 Å². The second-order valence-electron chi connectivity index (χ2n) is 4.18. The number of carbonyl (C=O) groups is 1. The molecule has 0 aromatic rings. The van der Waals surface area contributed by atoms with E-state index in [2.05, 4.69) is 16.7 Å². The summed E-state index contributed by atoms with van der Waals surface area (Å²) in [5.74, 6) is -0.690. The molecule has 1 heterocycles. The number of rotatable bonds is 5. The van der Waals surface area contributed by atoms with Crippen LogP contribution in [-0.4, -0.2) is 60.1 Å². The average Bonchev–Trinajstić information content (AvgIpc) is 2.41. The molecule has 0 aromatic carbocycles. The Bertz CT molecular complexity index is 197. The van der Waals surface area contributed by atoms with E-state index in [1.54, 1.807) is 0 Å². The first-order valence-electron chi connectivity index (χ1n) is 5.89. The molecule has 0 aromatic heterocycles. The number of carboxylic acid groups (broad SMARTS) is 1. The molecule has 1 aliphatic rings. The summed E-state index contributed by atoms with van der Waals surface area (Å²) in [6.45, 7) is 8.40. The second-order valence-corrected chi connectivity index (χ2v) is 4.18. The molecule has 1 N–H and O–H groups in total. The zero-order valence-corrected chi connectivity index (χ0v) is 9.61. The first-order valence-corrected chi connectivity index (χ1v) is 5.89. The molecule has 0 unspecified atom stereocenters. The van der Waals surface area contributed by atoms with Gasteiger partial charge in [0.15, 0.2) is 0 Å². The van der Waals surface area contributed by atoms with Gasteiger partial charge in [0.25, 0.3) is 0 Å². The minimum atomic E-state index is -0.690. The maximum Gasteiger partial charge on any atom is 0.304 e. The van der Waals surface area contributed by atoms with Crippen LogP contribution in [0.15, 0.2) is 0 Å². The largest absolute Gasteiger partial charge is 0.481 e. The number of hydrogen-bond donors (Lipinski definition) is 1. The van der Waals surface area contributed by atoms with Crippen LogP contribution in [0.1, 0.15) is 26.2 Å². The van der Waals surface area contributed by atoms with E-state index in [4.69, 9.17) is 5.11 Å². The maximum atomic E-state index is 10.5. The molecule has 88 valence electrons. The lowest BCUT2D eigenvalue weighted by Gasteiger charge is -2.20. The zero-order chi connectivity index (χ0) is 11.1. The topological polar surface area (TPSA) is 43.8 Å². The maximum absolute atomic E-state index is 10.5. The molecule has 0 radical (unpaired) electrons. The first-order chi connectivity index (χ1) is 7.22. The summed E-state index contributed by atoms with van der Waals surface area (Å²) in [5.41, 5.74) is 0.